The molecule has 1 N–H and O–H groups in total. The fraction of sp³-hybridized carbons (Fsp3) is 0.417. The van der Waals surface area contributed by atoms with Crippen molar-refractivity contribution in [2.45, 2.75) is 38.3 Å². The molecular formula is C24H26ClN7O. The predicted molar refractivity (Wildman–Crippen MR) is 125 cm³/mol. The Balaban J connectivity index is 1.20. The van der Waals surface area contributed by atoms with E-state index in [2.05, 4.69) is 42.6 Å². The molecule has 0 bridgehead atoms. The Morgan fingerprint density at radius 2 is 2.03 bits per heavy atom. The summed E-state index contributed by atoms with van der Waals surface area (Å²) >= 11 is 6.15. The molecule has 1 unspecified atom stereocenters. The monoisotopic (exact) mass is 463 g/mol. The first-order valence-corrected chi connectivity index (χ1v) is 11.9. The molecule has 0 saturated carbocycles. The van der Waals surface area contributed by atoms with E-state index in [1.165, 1.54) is 11.1 Å². The van der Waals surface area contributed by atoms with Crippen LogP contribution in [-0.4, -0.2) is 49.1 Å². The van der Waals surface area contributed by atoms with Gasteiger partial charge < -0.3 is 10.1 Å². The van der Waals surface area contributed by atoms with Gasteiger partial charge in [0.05, 0.1) is 31.0 Å². The van der Waals surface area contributed by atoms with Crippen LogP contribution in [0.2, 0.25) is 5.15 Å². The van der Waals surface area contributed by atoms with Crippen LogP contribution in [0, 0.1) is 5.92 Å². The number of fused-ring (bicyclic) bond motifs is 3. The fourth-order valence-corrected chi connectivity index (χ4v) is 5.30. The lowest BCUT2D eigenvalue weighted by atomic mass is 10.1. The summed E-state index contributed by atoms with van der Waals surface area (Å²) in [6.07, 6.45) is 13.7. The van der Waals surface area contributed by atoms with E-state index >= 15 is 0 Å². The lowest BCUT2D eigenvalue weighted by Gasteiger charge is -2.22. The van der Waals surface area contributed by atoms with Crippen molar-refractivity contribution in [1.82, 2.24) is 34.7 Å². The number of pyridine rings is 1. The van der Waals surface area contributed by atoms with E-state index < -0.39 is 0 Å². The molecule has 9 heteroatoms. The summed E-state index contributed by atoms with van der Waals surface area (Å²) in [5.74, 6) is 0.431. The van der Waals surface area contributed by atoms with Crippen molar-refractivity contribution in [2.75, 3.05) is 19.7 Å². The van der Waals surface area contributed by atoms with Gasteiger partial charge in [-0.3, -0.25) is 4.68 Å². The second-order valence-electron chi connectivity index (χ2n) is 8.97. The van der Waals surface area contributed by atoms with Gasteiger partial charge in [0, 0.05) is 29.7 Å². The second-order valence-corrected chi connectivity index (χ2v) is 9.33. The number of hydrogen-bond donors (Lipinski definition) is 1. The van der Waals surface area contributed by atoms with E-state index in [1.807, 2.05) is 22.8 Å². The summed E-state index contributed by atoms with van der Waals surface area (Å²) in [5, 5.41) is 13.1. The van der Waals surface area contributed by atoms with Crippen molar-refractivity contribution >= 4 is 17.1 Å². The van der Waals surface area contributed by atoms with Crippen LogP contribution in [0.15, 0.2) is 43.2 Å². The maximum atomic E-state index is 6.15. The Morgan fingerprint density at radius 1 is 1.12 bits per heavy atom. The molecule has 8 nitrogen and oxygen atoms in total. The zero-order valence-electron chi connectivity index (χ0n) is 18.3. The molecule has 0 amide bonds. The van der Waals surface area contributed by atoms with E-state index in [4.69, 9.17) is 16.3 Å². The highest BCUT2D eigenvalue weighted by Crippen LogP contribution is 2.36. The van der Waals surface area contributed by atoms with Crippen molar-refractivity contribution in [3.05, 3.63) is 65.1 Å². The minimum absolute atomic E-state index is 0.431. The third-order valence-electron chi connectivity index (χ3n) is 6.77. The Hall–Kier alpha value is -2.81. The van der Waals surface area contributed by atoms with Gasteiger partial charge in [-0.15, -0.1) is 0 Å². The van der Waals surface area contributed by atoms with E-state index in [9.17, 15) is 0 Å². The molecule has 0 radical (unpaired) electrons. The topological polar surface area (TPSA) is 82.2 Å². The van der Waals surface area contributed by atoms with Crippen LogP contribution in [0.5, 0.6) is 0 Å². The van der Waals surface area contributed by atoms with Gasteiger partial charge in [0.1, 0.15) is 17.2 Å². The van der Waals surface area contributed by atoms with Crippen LogP contribution in [0.25, 0.3) is 16.8 Å². The van der Waals surface area contributed by atoms with Gasteiger partial charge in [0.25, 0.3) is 0 Å². The summed E-state index contributed by atoms with van der Waals surface area (Å²) in [7, 11) is 0. The summed E-state index contributed by atoms with van der Waals surface area (Å²) in [4.78, 5) is 8.79. The summed E-state index contributed by atoms with van der Waals surface area (Å²) in [6, 6.07) is 4.29. The molecule has 0 spiro atoms. The molecule has 1 atom stereocenters. The highest BCUT2D eigenvalue weighted by atomic mass is 35.5. The molecule has 5 heterocycles. The van der Waals surface area contributed by atoms with Gasteiger partial charge in [-0.2, -0.15) is 10.2 Å². The highest BCUT2D eigenvalue weighted by molar-refractivity contribution is 6.30. The third kappa shape index (κ3) is 4.03. The Labute approximate surface area is 197 Å². The molecule has 1 fully saturated rings. The number of aromatic nitrogens is 6. The minimum atomic E-state index is 0.431. The largest absolute Gasteiger partial charge is 0.376 e. The first-order chi connectivity index (χ1) is 16.3. The summed E-state index contributed by atoms with van der Waals surface area (Å²) in [5.41, 5.74) is 6.67. The van der Waals surface area contributed by atoms with Gasteiger partial charge in [-0.1, -0.05) is 17.7 Å². The smallest absolute Gasteiger partial charge is 0.137 e. The van der Waals surface area contributed by atoms with E-state index in [0.29, 0.717) is 30.3 Å². The molecule has 4 aromatic rings. The van der Waals surface area contributed by atoms with Crippen LogP contribution in [0.1, 0.15) is 35.6 Å². The number of rotatable bonds is 6. The van der Waals surface area contributed by atoms with Crippen molar-refractivity contribution < 1.29 is 4.74 Å². The average Bonchev–Trinajstić information content (AvgIpc) is 3.55. The Morgan fingerprint density at radius 3 is 2.91 bits per heavy atom. The zero-order chi connectivity index (χ0) is 22.2. The number of hydrogen-bond acceptors (Lipinski definition) is 6. The average molecular weight is 464 g/mol. The van der Waals surface area contributed by atoms with E-state index in [0.717, 1.165) is 61.1 Å². The summed E-state index contributed by atoms with van der Waals surface area (Å²) in [6.45, 7) is 3.25. The molecule has 6 rings (SSSR count). The van der Waals surface area contributed by atoms with Gasteiger partial charge in [-0.25, -0.2) is 14.5 Å². The normalized spacial score (nSPS) is 18.8. The number of halogens is 1. The standard InChI is InChI=1S/C24H26ClN7O/c25-24-17(2-1-5-27-24)14-33-13-16-8-18-11-32-23(21(18)9-16)22(28-15-30-32)19-10-29-31(12-19)20-3-6-26-7-4-20/h1-2,5,10-12,15-16,20,26H,3-4,6-9,13-14H2. The molecule has 0 aromatic carbocycles. The molecule has 2 aliphatic rings. The van der Waals surface area contributed by atoms with Crippen molar-refractivity contribution in [3.63, 3.8) is 0 Å². The van der Waals surface area contributed by atoms with Crippen molar-refractivity contribution in [3.8, 4) is 11.3 Å². The van der Waals surface area contributed by atoms with Crippen LogP contribution >= 0.6 is 11.6 Å². The first kappa shape index (κ1) is 20.8. The summed E-state index contributed by atoms with van der Waals surface area (Å²) < 4.78 is 10.1. The second kappa shape index (κ2) is 8.85. The Kier molecular flexibility index (Phi) is 5.57. The maximum absolute atomic E-state index is 6.15. The third-order valence-corrected chi connectivity index (χ3v) is 7.11. The molecule has 1 aliphatic heterocycles. The molecule has 33 heavy (non-hydrogen) atoms. The predicted octanol–water partition coefficient (Wildman–Crippen LogP) is 3.50. The lowest BCUT2D eigenvalue weighted by molar-refractivity contribution is 0.0897. The van der Waals surface area contributed by atoms with Crippen molar-refractivity contribution in [2.24, 2.45) is 5.92 Å². The molecule has 1 saturated heterocycles. The molecular weight excluding hydrogens is 438 g/mol. The van der Waals surface area contributed by atoms with E-state index in [1.54, 1.807) is 12.5 Å². The van der Waals surface area contributed by atoms with Gasteiger partial charge in [0.15, 0.2) is 0 Å². The molecule has 1 aliphatic carbocycles. The number of nitrogens with zero attached hydrogens (tertiary/aromatic N) is 6. The number of piperidine rings is 1. The Bertz CT molecular complexity index is 1280. The number of nitrogens with one attached hydrogen (secondary N) is 1. The zero-order valence-corrected chi connectivity index (χ0v) is 19.1. The van der Waals surface area contributed by atoms with Crippen molar-refractivity contribution in [1.29, 1.82) is 0 Å². The van der Waals surface area contributed by atoms with Gasteiger partial charge >= 0.3 is 0 Å². The maximum Gasteiger partial charge on any atom is 0.137 e. The SMILES string of the molecule is Clc1ncccc1COCC1Cc2cn3ncnc(-c4cnn(C5CCNCC5)c4)c3c2C1. The quantitative estimate of drug-likeness (QED) is 0.441. The first-order valence-electron chi connectivity index (χ1n) is 11.5. The molecule has 4 aromatic heterocycles. The van der Waals surface area contributed by atoms with Crippen LogP contribution in [0.3, 0.4) is 0 Å². The minimum Gasteiger partial charge on any atom is -0.376 e. The molecule has 170 valence electrons. The lowest BCUT2D eigenvalue weighted by Crippen LogP contribution is -2.29. The van der Waals surface area contributed by atoms with Gasteiger partial charge in [0.2, 0.25) is 0 Å². The van der Waals surface area contributed by atoms with Crippen LogP contribution < -0.4 is 5.32 Å². The van der Waals surface area contributed by atoms with E-state index in [-0.39, 0.29) is 0 Å². The fourth-order valence-electron chi connectivity index (χ4n) is 5.12. The van der Waals surface area contributed by atoms with Gasteiger partial charge in [-0.05, 0) is 61.9 Å². The number of ether oxygens (including phenoxy) is 1. The van der Waals surface area contributed by atoms with Crippen LogP contribution in [-0.2, 0) is 24.2 Å². The van der Waals surface area contributed by atoms with Crippen LogP contribution in [0.4, 0.5) is 0 Å². The highest BCUT2D eigenvalue weighted by Gasteiger charge is 2.28.